The smallest absolute Gasteiger partial charge is 0.137 e. The van der Waals surface area contributed by atoms with Crippen LogP contribution in [-0.4, -0.2) is 14.8 Å². The molecule has 0 aliphatic carbocycles. The maximum atomic E-state index is 4.12. The Balaban J connectivity index is 2.28. The molecule has 2 rings (SSSR count). The van der Waals surface area contributed by atoms with Gasteiger partial charge in [0.2, 0.25) is 0 Å². The van der Waals surface area contributed by atoms with E-state index in [-0.39, 0.29) is 0 Å². The van der Waals surface area contributed by atoms with Gasteiger partial charge in [-0.15, -0.1) is 0 Å². The Bertz CT molecular complexity index is 418. The number of rotatable bonds is 3. The molecule has 1 aromatic heterocycles. The van der Waals surface area contributed by atoms with E-state index in [1.807, 2.05) is 4.68 Å². The van der Waals surface area contributed by atoms with Gasteiger partial charge in [0.25, 0.3) is 0 Å². The molecule has 0 bridgehead atoms. The molecule has 78 valence electrons. The molecule has 0 aliphatic rings. The molecule has 0 radical (unpaired) electrons. The predicted molar refractivity (Wildman–Crippen MR) is 59.7 cm³/mol. The lowest BCUT2D eigenvalue weighted by Crippen LogP contribution is -2.04. The second-order valence-electron chi connectivity index (χ2n) is 3.95. The molecule has 0 atom stereocenters. The summed E-state index contributed by atoms with van der Waals surface area (Å²) in [5.74, 6) is 0.546. The van der Waals surface area contributed by atoms with Crippen LogP contribution in [0.15, 0.2) is 36.9 Å². The standard InChI is InChI=1S/C12H15N3/c1-10(2)12-6-4-3-5-11(12)7-15-9-13-8-14-15/h3-6,8-10H,7H2,1-2H3. The van der Waals surface area contributed by atoms with E-state index in [1.54, 1.807) is 12.7 Å². The summed E-state index contributed by atoms with van der Waals surface area (Å²) < 4.78 is 1.85. The van der Waals surface area contributed by atoms with Crippen molar-refractivity contribution in [2.45, 2.75) is 26.3 Å². The van der Waals surface area contributed by atoms with Crippen molar-refractivity contribution in [3.63, 3.8) is 0 Å². The second-order valence-corrected chi connectivity index (χ2v) is 3.95. The lowest BCUT2D eigenvalue weighted by Gasteiger charge is -2.11. The zero-order valence-corrected chi connectivity index (χ0v) is 9.09. The summed E-state index contributed by atoms with van der Waals surface area (Å²) in [6.07, 6.45) is 3.31. The molecule has 0 spiro atoms. The van der Waals surface area contributed by atoms with Crippen molar-refractivity contribution in [3.8, 4) is 0 Å². The highest BCUT2D eigenvalue weighted by Gasteiger charge is 2.05. The lowest BCUT2D eigenvalue weighted by atomic mass is 9.97. The van der Waals surface area contributed by atoms with Gasteiger partial charge in [0.1, 0.15) is 12.7 Å². The lowest BCUT2D eigenvalue weighted by molar-refractivity contribution is 0.673. The fourth-order valence-corrected chi connectivity index (χ4v) is 1.73. The van der Waals surface area contributed by atoms with Crippen molar-refractivity contribution in [1.82, 2.24) is 14.8 Å². The maximum Gasteiger partial charge on any atom is 0.137 e. The van der Waals surface area contributed by atoms with Crippen LogP contribution < -0.4 is 0 Å². The molecule has 1 aromatic carbocycles. The Labute approximate surface area is 89.8 Å². The number of aromatic nitrogens is 3. The monoisotopic (exact) mass is 201 g/mol. The van der Waals surface area contributed by atoms with Crippen molar-refractivity contribution in [2.24, 2.45) is 0 Å². The first-order valence-electron chi connectivity index (χ1n) is 5.17. The minimum atomic E-state index is 0.546. The minimum absolute atomic E-state index is 0.546. The summed E-state index contributed by atoms with van der Waals surface area (Å²) >= 11 is 0. The number of hydrogen-bond donors (Lipinski definition) is 0. The molecule has 0 aliphatic heterocycles. The number of benzene rings is 1. The Morgan fingerprint density at radius 3 is 2.73 bits per heavy atom. The minimum Gasteiger partial charge on any atom is -0.249 e. The van der Waals surface area contributed by atoms with Gasteiger partial charge in [-0.3, -0.25) is 0 Å². The zero-order valence-electron chi connectivity index (χ0n) is 9.09. The summed E-state index contributed by atoms with van der Waals surface area (Å²) in [6, 6.07) is 8.48. The summed E-state index contributed by atoms with van der Waals surface area (Å²) in [4.78, 5) is 3.94. The van der Waals surface area contributed by atoms with Crippen molar-refractivity contribution < 1.29 is 0 Å². The van der Waals surface area contributed by atoms with Crippen LogP contribution in [0.2, 0.25) is 0 Å². The van der Waals surface area contributed by atoms with Gasteiger partial charge in [0, 0.05) is 0 Å². The molecule has 0 saturated carbocycles. The van der Waals surface area contributed by atoms with Gasteiger partial charge >= 0.3 is 0 Å². The number of hydrogen-bond acceptors (Lipinski definition) is 2. The molecule has 0 amide bonds. The van der Waals surface area contributed by atoms with E-state index >= 15 is 0 Å². The fourth-order valence-electron chi connectivity index (χ4n) is 1.73. The quantitative estimate of drug-likeness (QED) is 0.763. The zero-order chi connectivity index (χ0) is 10.7. The topological polar surface area (TPSA) is 30.7 Å². The van der Waals surface area contributed by atoms with Crippen LogP contribution in [0, 0.1) is 0 Å². The second kappa shape index (κ2) is 4.26. The Morgan fingerprint density at radius 1 is 1.27 bits per heavy atom. The summed E-state index contributed by atoms with van der Waals surface area (Å²) in [6.45, 7) is 5.22. The predicted octanol–water partition coefficient (Wildman–Crippen LogP) is 2.45. The van der Waals surface area contributed by atoms with Crippen molar-refractivity contribution in [2.75, 3.05) is 0 Å². The third-order valence-corrected chi connectivity index (χ3v) is 2.48. The van der Waals surface area contributed by atoms with Crippen LogP contribution in [0.25, 0.3) is 0 Å². The number of nitrogens with zero attached hydrogens (tertiary/aromatic N) is 3. The van der Waals surface area contributed by atoms with E-state index in [4.69, 9.17) is 0 Å². The highest BCUT2D eigenvalue weighted by atomic mass is 15.3. The molecule has 2 aromatic rings. The third-order valence-electron chi connectivity index (χ3n) is 2.48. The summed E-state index contributed by atoms with van der Waals surface area (Å²) in [7, 11) is 0. The van der Waals surface area contributed by atoms with Crippen molar-refractivity contribution >= 4 is 0 Å². The van der Waals surface area contributed by atoms with Crippen LogP contribution in [0.3, 0.4) is 0 Å². The van der Waals surface area contributed by atoms with Gasteiger partial charge in [0.15, 0.2) is 0 Å². The molecule has 0 fully saturated rings. The van der Waals surface area contributed by atoms with E-state index in [9.17, 15) is 0 Å². The van der Waals surface area contributed by atoms with E-state index < -0.39 is 0 Å². The van der Waals surface area contributed by atoms with E-state index in [0.717, 1.165) is 6.54 Å². The molecule has 0 unspecified atom stereocenters. The van der Waals surface area contributed by atoms with Crippen LogP contribution in [0.4, 0.5) is 0 Å². The molecule has 0 saturated heterocycles. The molecular weight excluding hydrogens is 186 g/mol. The fraction of sp³-hybridized carbons (Fsp3) is 0.333. The molecule has 3 heteroatoms. The van der Waals surface area contributed by atoms with Crippen LogP contribution in [-0.2, 0) is 6.54 Å². The van der Waals surface area contributed by atoms with Crippen LogP contribution in [0.1, 0.15) is 30.9 Å². The first kappa shape index (κ1) is 9.90. The van der Waals surface area contributed by atoms with E-state index in [2.05, 4.69) is 48.2 Å². The molecule has 1 heterocycles. The molecule has 3 nitrogen and oxygen atoms in total. The average molecular weight is 201 g/mol. The van der Waals surface area contributed by atoms with Crippen molar-refractivity contribution in [3.05, 3.63) is 48.0 Å². The Hall–Kier alpha value is -1.64. The Morgan fingerprint density at radius 2 is 2.07 bits per heavy atom. The largest absolute Gasteiger partial charge is 0.249 e. The van der Waals surface area contributed by atoms with Gasteiger partial charge in [-0.25, -0.2) is 9.67 Å². The van der Waals surface area contributed by atoms with Gasteiger partial charge < -0.3 is 0 Å². The first-order valence-corrected chi connectivity index (χ1v) is 5.17. The van der Waals surface area contributed by atoms with Gasteiger partial charge in [-0.05, 0) is 17.0 Å². The molecule has 15 heavy (non-hydrogen) atoms. The van der Waals surface area contributed by atoms with Crippen LogP contribution >= 0.6 is 0 Å². The highest BCUT2D eigenvalue weighted by Crippen LogP contribution is 2.19. The van der Waals surface area contributed by atoms with E-state index in [1.165, 1.54) is 11.1 Å². The van der Waals surface area contributed by atoms with Gasteiger partial charge in [-0.2, -0.15) is 5.10 Å². The van der Waals surface area contributed by atoms with Crippen molar-refractivity contribution in [1.29, 1.82) is 0 Å². The summed E-state index contributed by atoms with van der Waals surface area (Å²) in [5, 5.41) is 4.12. The third kappa shape index (κ3) is 2.24. The van der Waals surface area contributed by atoms with Gasteiger partial charge in [-0.1, -0.05) is 38.1 Å². The highest BCUT2D eigenvalue weighted by molar-refractivity contribution is 5.29. The molecular formula is C12H15N3. The van der Waals surface area contributed by atoms with Gasteiger partial charge in [0.05, 0.1) is 6.54 Å². The van der Waals surface area contributed by atoms with E-state index in [0.29, 0.717) is 5.92 Å². The van der Waals surface area contributed by atoms with Crippen LogP contribution in [0.5, 0.6) is 0 Å². The maximum absolute atomic E-state index is 4.12. The Kier molecular flexibility index (Phi) is 2.81. The average Bonchev–Trinajstić information content (AvgIpc) is 2.71. The first-order chi connectivity index (χ1) is 7.27. The summed E-state index contributed by atoms with van der Waals surface area (Å²) in [5.41, 5.74) is 2.70. The normalized spacial score (nSPS) is 10.9. The SMILES string of the molecule is CC(C)c1ccccc1Cn1cncn1. The molecule has 0 N–H and O–H groups in total.